The van der Waals surface area contributed by atoms with Crippen LogP contribution in [-0.2, 0) is 20.1 Å². The minimum Gasteiger partial charge on any atom is -0.503 e. The number of hydrogen-bond donors (Lipinski definition) is 0. The summed E-state index contributed by atoms with van der Waals surface area (Å²) in [6.07, 6.45) is 5.06. The summed E-state index contributed by atoms with van der Waals surface area (Å²) in [6, 6.07) is 45.8. The van der Waals surface area contributed by atoms with Crippen molar-refractivity contribution >= 4 is 23.1 Å². The van der Waals surface area contributed by atoms with Gasteiger partial charge in [-0.25, -0.2) is 11.1 Å². The van der Waals surface area contributed by atoms with Gasteiger partial charge in [-0.05, 0) is 64.6 Å². The molecule has 2 aliphatic rings. The van der Waals surface area contributed by atoms with Crippen LogP contribution in [0.2, 0.25) is 0 Å². The molecular formula is C46H36BIrN2O2. The second-order valence-corrected chi connectivity index (χ2v) is 13.5. The van der Waals surface area contributed by atoms with Gasteiger partial charge in [-0.1, -0.05) is 106 Å². The van der Waals surface area contributed by atoms with Gasteiger partial charge in [0.1, 0.15) is 17.2 Å². The van der Waals surface area contributed by atoms with Gasteiger partial charge in [-0.3, -0.25) is 0 Å². The predicted molar refractivity (Wildman–Crippen MR) is 207 cm³/mol. The van der Waals surface area contributed by atoms with Gasteiger partial charge in [0.2, 0.25) is 6.71 Å². The van der Waals surface area contributed by atoms with Gasteiger partial charge in [0.05, 0.1) is 0 Å². The van der Waals surface area contributed by atoms with Crippen LogP contribution in [0.25, 0.3) is 33.5 Å². The summed E-state index contributed by atoms with van der Waals surface area (Å²) in [6.45, 7) is 10.7. The zero-order valence-electron chi connectivity index (χ0n) is 29.7. The van der Waals surface area contributed by atoms with Crippen molar-refractivity contribution in [3.63, 3.8) is 0 Å². The maximum atomic E-state index is 6.50. The molecule has 6 heteroatoms. The molecule has 0 bridgehead atoms. The summed E-state index contributed by atoms with van der Waals surface area (Å²) in [5.74, 6) is 3.85. The molecule has 9 rings (SSSR count). The third-order valence-electron chi connectivity index (χ3n) is 9.66. The number of aromatic nitrogens is 2. The van der Waals surface area contributed by atoms with Crippen molar-refractivity contribution in [3.05, 3.63) is 162 Å². The molecule has 4 heterocycles. The van der Waals surface area contributed by atoms with Gasteiger partial charge in [-0.15, -0.1) is 29.2 Å². The quantitative estimate of drug-likeness (QED) is 0.131. The Hall–Kier alpha value is -5.29. The smallest absolute Gasteiger partial charge is 0.503 e. The van der Waals surface area contributed by atoms with E-state index in [0.29, 0.717) is 5.92 Å². The van der Waals surface area contributed by atoms with Crippen molar-refractivity contribution in [1.82, 2.24) is 9.97 Å². The molecule has 0 unspecified atom stereocenters. The Morgan fingerprint density at radius 3 is 2.23 bits per heavy atom. The molecule has 52 heavy (non-hydrogen) atoms. The molecule has 0 aliphatic carbocycles. The maximum Gasteiger partial charge on any atom is 3.00 e. The molecule has 0 atom stereocenters. The Labute approximate surface area is 320 Å². The Morgan fingerprint density at radius 2 is 1.46 bits per heavy atom. The first-order valence-electron chi connectivity index (χ1n) is 17.4. The molecule has 0 fully saturated rings. The predicted octanol–water partition coefficient (Wildman–Crippen LogP) is 9.34. The van der Waals surface area contributed by atoms with Gasteiger partial charge >= 0.3 is 20.1 Å². The number of para-hydroxylation sites is 1. The van der Waals surface area contributed by atoms with E-state index in [9.17, 15) is 0 Å². The SMILES string of the molecule is Cc1c[c-]c(-c2[c-]nc(C)c(-c3ccccc3)c2)cc1.Cc1cnc(-c2[c-]ccc3c2Oc2cccc4c2B3c2ccccc2O4)cc1C(C)C.[Ir+3]. The number of hydrogen-bond acceptors (Lipinski definition) is 4. The second-order valence-electron chi connectivity index (χ2n) is 13.5. The summed E-state index contributed by atoms with van der Waals surface area (Å²) < 4.78 is 12.7. The zero-order valence-corrected chi connectivity index (χ0v) is 32.1. The van der Waals surface area contributed by atoms with Crippen LogP contribution in [0.1, 0.15) is 42.1 Å². The number of nitrogens with zero attached hydrogens (tertiary/aromatic N) is 2. The molecule has 254 valence electrons. The van der Waals surface area contributed by atoms with Crippen LogP contribution in [0.15, 0.2) is 121 Å². The number of rotatable bonds is 4. The summed E-state index contributed by atoms with van der Waals surface area (Å²) in [7, 11) is 0. The van der Waals surface area contributed by atoms with E-state index in [1.807, 2.05) is 73.8 Å². The third-order valence-corrected chi connectivity index (χ3v) is 9.66. The van der Waals surface area contributed by atoms with E-state index in [4.69, 9.17) is 14.5 Å². The van der Waals surface area contributed by atoms with Gasteiger partial charge in [0.25, 0.3) is 0 Å². The number of pyridine rings is 2. The van der Waals surface area contributed by atoms with E-state index in [-0.39, 0.29) is 26.8 Å². The molecule has 5 aromatic carbocycles. The van der Waals surface area contributed by atoms with Gasteiger partial charge < -0.3 is 19.4 Å². The van der Waals surface area contributed by atoms with E-state index in [0.717, 1.165) is 73.0 Å². The van der Waals surface area contributed by atoms with Crippen molar-refractivity contribution in [1.29, 1.82) is 0 Å². The number of benzene rings is 5. The van der Waals surface area contributed by atoms with E-state index < -0.39 is 0 Å². The summed E-state index contributed by atoms with van der Waals surface area (Å²) in [5, 5.41) is 0. The number of fused-ring (bicyclic) bond motifs is 4. The van der Waals surface area contributed by atoms with Gasteiger partial charge in [-0.2, -0.15) is 30.3 Å². The first-order valence-corrected chi connectivity index (χ1v) is 17.4. The Morgan fingerprint density at radius 1 is 0.712 bits per heavy atom. The van der Waals surface area contributed by atoms with Crippen molar-refractivity contribution in [3.8, 4) is 56.5 Å². The summed E-state index contributed by atoms with van der Waals surface area (Å²) >= 11 is 0. The molecule has 0 saturated heterocycles. The zero-order chi connectivity index (χ0) is 35.1. The van der Waals surface area contributed by atoms with E-state index in [1.165, 1.54) is 22.3 Å². The van der Waals surface area contributed by atoms with Crippen LogP contribution in [-0.4, -0.2) is 16.7 Å². The van der Waals surface area contributed by atoms with E-state index in [1.54, 1.807) is 0 Å². The van der Waals surface area contributed by atoms with Gasteiger partial charge in [0, 0.05) is 17.4 Å². The van der Waals surface area contributed by atoms with Crippen LogP contribution in [0.5, 0.6) is 23.0 Å². The van der Waals surface area contributed by atoms with Crippen LogP contribution in [0, 0.1) is 39.1 Å². The largest absolute Gasteiger partial charge is 3.00 e. The number of aryl methyl sites for hydroxylation is 3. The third kappa shape index (κ3) is 6.61. The second kappa shape index (κ2) is 14.8. The topological polar surface area (TPSA) is 44.2 Å². The molecule has 0 saturated carbocycles. The molecular weight excluding hydrogens is 816 g/mol. The average molecular weight is 852 g/mol. The molecule has 4 nitrogen and oxygen atoms in total. The molecule has 0 spiro atoms. The molecule has 0 amide bonds. The Bertz CT molecular complexity index is 2390. The van der Waals surface area contributed by atoms with Crippen molar-refractivity contribution in [2.45, 2.75) is 40.5 Å². The standard InChI is InChI=1S/C27H21BNO2.C19H15N.Ir/c1-16(2)19-14-22(29-15-17(19)3)18-8-6-10-21-27(18)31-25-13-7-12-24-26(25)28(21)20-9-4-5-11-23(20)30-24;1-14-8-10-16(11-9-14)18-12-19(15(2)20-13-18)17-6-4-3-5-7-17;/h4-7,9-16H,1-3H3;3-10,12H,1-2H3;/q-1;-2;+3. The Kier molecular flexibility index (Phi) is 9.97. The fourth-order valence-electron chi connectivity index (χ4n) is 7.03. The number of ether oxygens (including phenoxy) is 2. The van der Waals surface area contributed by atoms with Crippen molar-refractivity contribution in [2.75, 3.05) is 0 Å². The monoisotopic (exact) mass is 852 g/mol. The minimum absolute atomic E-state index is 0. The molecule has 7 aromatic rings. The first kappa shape index (κ1) is 35.1. The minimum atomic E-state index is 0. The van der Waals surface area contributed by atoms with Crippen LogP contribution < -0.4 is 25.9 Å². The van der Waals surface area contributed by atoms with Crippen LogP contribution in [0.3, 0.4) is 0 Å². The summed E-state index contributed by atoms with van der Waals surface area (Å²) in [4.78, 5) is 9.16. The normalized spacial score (nSPS) is 11.8. The maximum absolute atomic E-state index is 6.50. The van der Waals surface area contributed by atoms with E-state index >= 15 is 0 Å². The fraction of sp³-hybridized carbons (Fsp3) is 0.130. The molecule has 0 N–H and O–H groups in total. The van der Waals surface area contributed by atoms with Gasteiger partial charge in [0.15, 0.2) is 0 Å². The fourth-order valence-corrected chi connectivity index (χ4v) is 7.03. The van der Waals surface area contributed by atoms with Crippen LogP contribution >= 0.6 is 0 Å². The molecule has 2 aliphatic heterocycles. The first-order chi connectivity index (χ1) is 24.9. The molecule has 0 radical (unpaired) electrons. The van der Waals surface area contributed by atoms with Crippen molar-refractivity contribution in [2.24, 2.45) is 0 Å². The molecule has 2 aromatic heterocycles. The summed E-state index contributed by atoms with van der Waals surface area (Å²) in [5.41, 5.74) is 14.2. The Balaban J connectivity index is 0.000000174. The van der Waals surface area contributed by atoms with Crippen molar-refractivity contribution < 1.29 is 29.6 Å². The van der Waals surface area contributed by atoms with Crippen LogP contribution in [0.4, 0.5) is 0 Å². The average Bonchev–Trinajstić information content (AvgIpc) is 3.16. The van der Waals surface area contributed by atoms with E-state index in [2.05, 4.69) is 106 Å².